The smallest absolute Gasteiger partial charge is 0.127 e. The predicted octanol–water partition coefficient (Wildman–Crippen LogP) is 12.4. The van der Waals surface area contributed by atoms with Crippen LogP contribution in [0.25, 0.3) is 0 Å². The lowest BCUT2D eigenvalue weighted by molar-refractivity contribution is 0.0426. The molecule has 0 aliphatic carbocycles. The van der Waals surface area contributed by atoms with Crippen LogP contribution in [-0.2, 0) is 14.3 Å². The van der Waals surface area contributed by atoms with Gasteiger partial charge in [-0.05, 0) is 25.7 Å². The van der Waals surface area contributed by atoms with Gasteiger partial charge in [-0.2, -0.15) is 0 Å². The van der Waals surface area contributed by atoms with Gasteiger partial charge < -0.3 is 14.3 Å². The third-order valence-corrected chi connectivity index (χ3v) is 8.37. The first-order valence-corrected chi connectivity index (χ1v) is 18.6. The molecule has 4 nitrogen and oxygen atoms in total. The summed E-state index contributed by atoms with van der Waals surface area (Å²) in [6.07, 6.45) is 41.7. The molecule has 0 aromatic heterocycles. The number of nitrogens with zero attached hydrogens (tertiary/aromatic N) is 1. The Morgan fingerprint density at radius 3 is 1.20 bits per heavy atom. The molecule has 0 amide bonds. The van der Waals surface area contributed by atoms with E-state index in [9.17, 15) is 0 Å². The van der Waals surface area contributed by atoms with E-state index in [2.05, 4.69) is 19.0 Å². The van der Waals surface area contributed by atoms with E-state index in [0.717, 1.165) is 19.3 Å². The largest absolute Gasteiger partial charge is 0.393 e. The molecule has 0 unspecified atom stereocenters. The zero-order valence-corrected chi connectivity index (χ0v) is 28.5. The molecule has 0 aromatic rings. The molecule has 0 heterocycles. The van der Waals surface area contributed by atoms with Crippen LogP contribution >= 0.6 is 0 Å². The number of unbranched alkanes of at least 4 members (excludes halogenated alkanes) is 24. The molecule has 0 aliphatic rings. The molecule has 0 N–H and O–H groups in total. The lowest BCUT2D eigenvalue weighted by Gasteiger charge is -2.15. The fourth-order valence-electron chi connectivity index (χ4n) is 5.59. The van der Waals surface area contributed by atoms with E-state index in [-0.39, 0.29) is 6.10 Å². The third-order valence-electron chi connectivity index (χ3n) is 8.37. The van der Waals surface area contributed by atoms with E-state index < -0.39 is 0 Å². The lowest BCUT2D eigenvalue weighted by atomic mass is 10.0. The van der Waals surface area contributed by atoms with Crippen LogP contribution in [0.15, 0.2) is 5.16 Å². The van der Waals surface area contributed by atoms with Crippen molar-refractivity contribution in [1.82, 2.24) is 0 Å². The molecule has 41 heavy (non-hydrogen) atoms. The summed E-state index contributed by atoms with van der Waals surface area (Å²) in [4.78, 5) is 5.97. The van der Waals surface area contributed by atoms with Crippen LogP contribution in [0, 0.1) is 0 Å². The highest BCUT2D eigenvalue weighted by atomic mass is 16.6. The highest BCUT2D eigenvalue weighted by molar-refractivity contribution is 5.56. The van der Waals surface area contributed by atoms with E-state index in [1.54, 1.807) is 7.11 Å². The fraction of sp³-hybridized carbons (Fsp3) is 0.973. The topological polar surface area (TPSA) is 40.0 Å². The van der Waals surface area contributed by atoms with Crippen molar-refractivity contribution in [2.75, 3.05) is 26.9 Å². The molecule has 0 saturated carbocycles. The lowest BCUT2D eigenvalue weighted by Crippen LogP contribution is -2.10. The molecular formula is C37H75NO3. The summed E-state index contributed by atoms with van der Waals surface area (Å²) in [5.74, 6) is 0. The van der Waals surface area contributed by atoms with Gasteiger partial charge in [-0.3, -0.25) is 0 Å². The van der Waals surface area contributed by atoms with Gasteiger partial charge in [0.1, 0.15) is 6.10 Å². The van der Waals surface area contributed by atoms with Gasteiger partial charge in [-0.15, -0.1) is 0 Å². The van der Waals surface area contributed by atoms with Gasteiger partial charge in [0.05, 0.1) is 19.8 Å². The van der Waals surface area contributed by atoms with Gasteiger partial charge in [-0.25, -0.2) is 0 Å². The first kappa shape index (κ1) is 40.4. The molecular weight excluding hydrogens is 506 g/mol. The molecule has 0 rings (SSSR count). The fourth-order valence-corrected chi connectivity index (χ4v) is 5.59. The maximum absolute atomic E-state index is 5.97. The Bertz CT molecular complexity index is 455. The maximum Gasteiger partial charge on any atom is 0.127 e. The Hall–Kier alpha value is -0.610. The van der Waals surface area contributed by atoms with Crippen LogP contribution in [0.1, 0.15) is 200 Å². The Labute approximate surface area is 258 Å². The Kier molecular flexibility index (Phi) is 36.9. The Balaban J connectivity index is 3.89. The number of methoxy groups -OCH3 is 1. The van der Waals surface area contributed by atoms with Crippen LogP contribution in [-0.4, -0.2) is 39.2 Å². The minimum atomic E-state index is 0.279. The van der Waals surface area contributed by atoms with Crippen LogP contribution in [0.2, 0.25) is 0 Å². The summed E-state index contributed by atoms with van der Waals surface area (Å²) in [5, 5.41) is 4.31. The zero-order valence-electron chi connectivity index (χ0n) is 28.5. The van der Waals surface area contributed by atoms with Crippen LogP contribution in [0.3, 0.4) is 0 Å². The van der Waals surface area contributed by atoms with Gasteiger partial charge >= 0.3 is 0 Å². The predicted molar refractivity (Wildman–Crippen MR) is 181 cm³/mol. The zero-order chi connectivity index (χ0) is 29.7. The summed E-state index contributed by atoms with van der Waals surface area (Å²) in [5.41, 5.74) is 0. The Morgan fingerprint density at radius 1 is 0.463 bits per heavy atom. The number of hydrogen-bond acceptors (Lipinski definition) is 4. The van der Waals surface area contributed by atoms with Crippen molar-refractivity contribution in [3.63, 3.8) is 0 Å². The van der Waals surface area contributed by atoms with Gasteiger partial charge in [0.25, 0.3) is 0 Å². The van der Waals surface area contributed by atoms with Crippen molar-refractivity contribution in [2.45, 2.75) is 206 Å². The van der Waals surface area contributed by atoms with Crippen molar-refractivity contribution in [1.29, 1.82) is 0 Å². The summed E-state index contributed by atoms with van der Waals surface area (Å²) in [6.45, 7) is 6.57. The second-order valence-corrected chi connectivity index (χ2v) is 12.5. The first-order chi connectivity index (χ1) is 20.3. The van der Waals surface area contributed by atoms with Crippen LogP contribution in [0.4, 0.5) is 0 Å². The van der Waals surface area contributed by atoms with Crippen molar-refractivity contribution in [3.05, 3.63) is 0 Å². The number of hydrogen-bond donors (Lipinski definition) is 0. The summed E-state index contributed by atoms with van der Waals surface area (Å²) in [6, 6.07) is 0. The Morgan fingerprint density at radius 2 is 0.829 bits per heavy atom. The molecule has 0 radical (unpaired) electrons. The van der Waals surface area contributed by atoms with E-state index >= 15 is 0 Å². The van der Waals surface area contributed by atoms with Crippen LogP contribution in [0.5, 0.6) is 0 Å². The number of ether oxygens (including phenoxy) is 2. The highest BCUT2D eigenvalue weighted by Gasteiger charge is 2.09. The van der Waals surface area contributed by atoms with Gasteiger partial charge in [0.2, 0.25) is 0 Å². The third kappa shape index (κ3) is 35.5. The molecule has 0 aromatic carbocycles. The standard InChI is InChI=1S/C37H75NO3/c1-4-6-8-10-12-14-16-18-20-22-24-26-28-31-37(41-38-33-30-34-40-36-35-39-3)32-29-27-25-23-21-19-17-15-13-11-9-7-5-2/h33,37H,4-32,34-36H2,1-3H3/b38-33-. The average molecular weight is 582 g/mol. The van der Waals surface area contributed by atoms with E-state index in [4.69, 9.17) is 14.3 Å². The average Bonchev–Trinajstić information content (AvgIpc) is 2.98. The quantitative estimate of drug-likeness (QED) is 0.0419. The van der Waals surface area contributed by atoms with Crippen LogP contribution < -0.4 is 0 Å². The molecule has 0 atom stereocenters. The highest BCUT2D eigenvalue weighted by Crippen LogP contribution is 2.18. The molecule has 0 bridgehead atoms. The van der Waals surface area contributed by atoms with E-state index in [1.807, 2.05) is 6.21 Å². The molecule has 0 spiro atoms. The minimum absolute atomic E-state index is 0.279. The van der Waals surface area contributed by atoms with Gasteiger partial charge in [0, 0.05) is 19.7 Å². The van der Waals surface area contributed by atoms with Gasteiger partial charge in [-0.1, -0.05) is 173 Å². The molecule has 246 valence electrons. The van der Waals surface area contributed by atoms with Crippen molar-refractivity contribution < 1.29 is 14.3 Å². The summed E-state index contributed by atoms with van der Waals surface area (Å²) >= 11 is 0. The van der Waals surface area contributed by atoms with Gasteiger partial charge in [0.15, 0.2) is 0 Å². The molecule has 0 fully saturated rings. The van der Waals surface area contributed by atoms with E-state index in [1.165, 1.54) is 167 Å². The second-order valence-electron chi connectivity index (χ2n) is 12.5. The number of rotatable bonds is 36. The molecule has 4 heteroatoms. The van der Waals surface area contributed by atoms with Crippen molar-refractivity contribution in [2.24, 2.45) is 5.16 Å². The van der Waals surface area contributed by atoms with E-state index in [0.29, 0.717) is 19.8 Å². The SMILES string of the molecule is CCCCCCCCCCCCCCCC(CCCCCCCCCCCCCCC)O/N=C\CCOCCOC. The number of oxime groups is 1. The monoisotopic (exact) mass is 582 g/mol. The second kappa shape index (κ2) is 37.4. The first-order valence-electron chi connectivity index (χ1n) is 18.6. The normalized spacial score (nSPS) is 11.8. The maximum atomic E-state index is 5.97. The van der Waals surface area contributed by atoms with Crippen molar-refractivity contribution >= 4 is 6.21 Å². The minimum Gasteiger partial charge on any atom is -0.393 e. The molecule has 0 aliphatic heterocycles. The van der Waals surface area contributed by atoms with Crippen molar-refractivity contribution in [3.8, 4) is 0 Å². The molecule has 0 saturated heterocycles. The summed E-state index contributed by atoms with van der Waals surface area (Å²) in [7, 11) is 1.70. The summed E-state index contributed by atoms with van der Waals surface area (Å²) < 4.78 is 10.5.